The van der Waals surface area contributed by atoms with Crippen LogP contribution in [0.4, 0.5) is 34.1 Å². The maximum atomic E-state index is 2.53. The Hall–Kier alpha value is -19.0. The summed E-state index contributed by atoms with van der Waals surface area (Å²) in [6, 6.07) is 203. The van der Waals surface area contributed by atoms with Crippen molar-refractivity contribution < 1.29 is 0 Å². The number of anilines is 6. The van der Waals surface area contributed by atoms with E-state index >= 15 is 0 Å². The molecular weight excluding hydrogens is 1740 g/mol. The van der Waals surface area contributed by atoms with Crippen LogP contribution in [0.5, 0.6) is 0 Å². The van der Waals surface area contributed by atoms with Gasteiger partial charge in [0, 0.05) is 71.5 Å². The van der Waals surface area contributed by atoms with Gasteiger partial charge in [-0.3, -0.25) is 0 Å². The zero-order valence-electron chi connectivity index (χ0n) is 78.8. The first-order valence-electron chi connectivity index (χ1n) is 49.7. The zero-order valence-corrected chi connectivity index (χ0v) is 78.8. The lowest BCUT2D eigenvalue weighted by Gasteiger charge is -2.30. The van der Waals surface area contributed by atoms with Crippen LogP contribution in [0.3, 0.4) is 0 Å². The summed E-state index contributed by atoms with van der Waals surface area (Å²) in [7, 11) is 0. The van der Waals surface area contributed by atoms with Gasteiger partial charge in [-0.2, -0.15) is 0 Å². The van der Waals surface area contributed by atoms with Crippen molar-refractivity contribution in [3.63, 3.8) is 0 Å². The number of fused-ring (bicyclic) bond motifs is 16. The molecule has 0 bridgehead atoms. The molecule has 0 atom stereocenters. The van der Waals surface area contributed by atoms with Gasteiger partial charge in [-0.05, 0) is 251 Å². The van der Waals surface area contributed by atoms with Gasteiger partial charge in [0.05, 0.1) is 50.5 Å². The summed E-state index contributed by atoms with van der Waals surface area (Å²) in [4.78, 5) is 5.02. The minimum absolute atomic E-state index is 1.04. The van der Waals surface area contributed by atoms with E-state index in [-0.39, 0.29) is 0 Å². The van der Waals surface area contributed by atoms with Crippen LogP contribution in [-0.4, -0.2) is 9.13 Å². The average molecular weight is 1830 g/mol. The van der Waals surface area contributed by atoms with Gasteiger partial charge in [0.25, 0.3) is 0 Å². The van der Waals surface area contributed by atoms with Crippen LogP contribution in [0.25, 0.3) is 241 Å². The Kier molecular flexibility index (Phi) is 20.0. The average Bonchev–Trinajstić information content (AvgIpc) is 1.65. The molecule has 26 aromatic carbocycles. The number of aromatic nitrogens is 2. The third kappa shape index (κ3) is 13.9. The van der Waals surface area contributed by atoms with E-state index in [1.807, 2.05) is 0 Å². The summed E-state index contributed by atoms with van der Waals surface area (Å²) < 4.78 is 4.97. The summed E-state index contributed by atoms with van der Waals surface area (Å²) in [6.07, 6.45) is 0. The van der Waals surface area contributed by atoms with Crippen LogP contribution in [0.15, 0.2) is 546 Å². The second-order valence-electron chi connectivity index (χ2n) is 38.0. The molecule has 4 heteroatoms. The molecule has 4 nitrogen and oxygen atoms in total. The first-order chi connectivity index (χ1) is 71.5. The van der Waals surface area contributed by atoms with Gasteiger partial charge in [-0.25, -0.2) is 0 Å². The van der Waals surface area contributed by atoms with Crippen molar-refractivity contribution in [3.8, 4) is 112 Å². The molecule has 0 fully saturated rings. The molecule has 0 saturated carbocycles. The lowest BCUT2D eigenvalue weighted by molar-refractivity contribution is 1.18. The van der Waals surface area contributed by atoms with E-state index in [0.717, 1.165) is 139 Å². The Labute approximate surface area is 834 Å². The number of rotatable bonds is 17. The Bertz CT molecular complexity index is 10100. The number of hydrogen-bond acceptors (Lipinski definition) is 2. The second-order valence-corrected chi connectivity index (χ2v) is 38.0. The van der Waals surface area contributed by atoms with Gasteiger partial charge < -0.3 is 18.9 Å². The Morgan fingerprint density at radius 2 is 0.535 bits per heavy atom. The van der Waals surface area contributed by atoms with Crippen LogP contribution >= 0.6 is 0 Å². The largest absolute Gasteiger partial charge is 0.309 e. The molecule has 0 N–H and O–H groups in total. The molecule has 28 rings (SSSR count). The number of hydrogen-bond donors (Lipinski definition) is 0. The fraction of sp³-hybridized carbons (Fsp3) is 0. The van der Waals surface area contributed by atoms with Crippen molar-refractivity contribution in [2.24, 2.45) is 0 Å². The smallest absolute Gasteiger partial charge is 0.0619 e. The second kappa shape index (κ2) is 34.6. The topological polar surface area (TPSA) is 16.3 Å². The molecule has 0 aliphatic heterocycles. The third-order valence-corrected chi connectivity index (χ3v) is 30.1. The highest BCUT2D eigenvalue weighted by atomic mass is 15.2. The van der Waals surface area contributed by atoms with Crippen molar-refractivity contribution >= 4 is 164 Å². The normalized spacial score (nSPS) is 11.8. The predicted octanol–water partition coefficient (Wildman–Crippen LogP) is 39.0. The highest BCUT2D eigenvalue weighted by Gasteiger charge is 2.29. The van der Waals surface area contributed by atoms with E-state index in [1.165, 1.54) is 136 Å². The van der Waals surface area contributed by atoms with E-state index in [2.05, 4.69) is 565 Å². The number of para-hydroxylation sites is 4. The van der Waals surface area contributed by atoms with Crippen LogP contribution in [0, 0.1) is 0 Å². The van der Waals surface area contributed by atoms with E-state index in [1.54, 1.807) is 0 Å². The van der Waals surface area contributed by atoms with Crippen molar-refractivity contribution in [2.75, 3.05) is 9.80 Å². The fourth-order valence-corrected chi connectivity index (χ4v) is 23.5. The fourth-order valence-electron chi connectivity index (χ4n) is 23.5. The Morgan fingerprint density at radius 3 is 1.25 bits per heavy atom. The molecule has 28 aromatic rings. The molecule has 0 radical (unpaired) electrons. The minimum Gasteiger partial charge on any atom is -0.309 e. The molecule has 670 valence electrons. The van der Waals surface area contributed by atoms with Gasteiger partial charge in [-0.1, -0.05) is 449 Å². The SMILES string of the molecule is c1ccc(-c2cc(N(c3ccccc3-c3cccc4ccccc34)c3ccc(-c4cccc5cc(-c6cccc7c(-c8ccc(N(c9ccc(-c%10ccc(-c%11ccccc%11)c(-n%11c%12ccccc%12c%12c%13ccccc%13ccc%12%11)c%10)cc9)c9ccccc9-c9ccc%10ccccc%10c9)c9ccccc89)cccc67)ccc45)c4ccccc34)ccc2-c2cccc(-n3c4ccccc4c4ccc5ccccc5c43)c2)cc1. The summed E-state index contributed by atoms with van der Waals surface area (Å²) in [5.74, 6) is 0. The quantitative estimate of drug-likeness (QED) is 0.0903. The van der Waals surface area contributed by atoms with Gasteiger partial charge in [0.2, 0.25) is 0 Å². The Morgan fingerprint density at radius 1 is 0.139 bits per heavy atom. The third-order valence-electron chi connectivity index (χ3n) is 30.1. The minimum atomic E-state index is 1.04. The van der Waals surface area contributed by atoms with Crippen molar-refractivity contribution in [1.29, 1.82) is 0 Å². The lowest BCUT2D eigenvalue weighted by atomic mass is 9.88. The lowest BCUT2D eigenvalue weighted by Crippen LogP contribution is -2.12. The molecule has 144 heavy (non-hydrogen) atoms. The monoisotopic (exact) mass is 1830 g/mol. The van der Waals surface area contributed by atoms with E-state index in [0.29, 0.717) is 0 Å². The first kappa shape index (κ1) is 83.2. The molecule has 0 spiro atoms. The highest BCUT2D eigenvalue weighted by molar-refractivity contribution is 6.23. The summed E-state index contributed by atoms with van der Waals surface area (Å²) >= 11 is 0. The maximum absolute atomic E-state index is 2.53. The van der Waals surface area contributed by atoms with Crippen molar-refractivity contribution in [1.82, 2.24) is 9.13 Å². The van der Waals surface area contributed by atoms with E-state index < -0.39 is 0 Å². The van der Waals surface area contributed by atoms with Crippen LogP contribution in [0.2, 0.25) is 0 Å². The Balaban J connectivity index is 0.549. The van der Waals surface area contributed by atoms with Gasteiger partial charge >= 0.3 is 0 Å². The van der Waals surface area contributed by atoms with E-state index in [9.17, 15) is 0 Å². The summed E-state index contributed by atoms with van der Waals surface area (Å²) in [5, 5.41) is 24.0. The molecule has 0 aliphatic carbocycles. The predicted molar refractivity (Wildman–Crippen MR) is 613 cm³/mol. The van der Waals surface area contributed by atoms with Crippen LogP contribution in [-0.2, 0) is 0 Å². The highest BCUT2D eigenvalue weighted by Crippen LogP contribution is 2.54. The van der Waals surface area contributed by atoms with Crippen molar-refractivity contribution in [2.45, 2.75) is 0 Å². The number of nitrogens with zero attached hydrogens (tertiary/aromatic N) is 4. The molecular formula is C140H90N4. The summed E-state index contributed by atoms with van der Waals surface area (Å²) in [6.45, 7) is 0. The zero-order chi connectivity index (χ0) is 94.8. The van der Waals surface area contributed by atoms with Crippen LogP contribution in [0.1, 0.15) is 0 Å². The first-order valence-corrected chi connectivity index (χ1v) is 49.7. The molecule has 0 unspecified atom stereocenters. The molecule has 2 heterocycles. The number of benzene rings is 26. The van der Waals surface area contributed by atoms with Crippen LogP contribution < -0.4 is 9.80 Å². The van der Waals surface area contributed by atoms with Gasteiger partial charge in [0.1, 0.15) is 0 Å². The maximum Gasteiger partial charge on any atom is 0.0619 e. The summed E-state index contributed by atoms with van der Waals surface area (Å²) in [5.41, 5.74) is 34.0. The standard InChI is InChI=1S/C140H90N4/c1-3-33-94(34-4-1)112-78-71-99(89-138(112)144-134-65-26-22-55-129(134)139-113-47-13-10-38-96(113)73-83-137(139)144)92-68-74-104(75-69-92)141(131-62-23-19-46-111(131)103-67-66-91-32-7-8-40-98(91)86-103)135-84-82-123(121-50-16-17-51-125(121)135)119-61-31-59-115-108(56-30-60-118(115)119)102-72-77-109-100(87-102)43-29-57-116(109)122-81-85-136(126-52-18-15-49-120(122)126)142(132-63-24-20-53-124(132)117-58-28-41-93-37-9-12-45-107(93)117)106-76-80-110(130(90-106)95-35-5-2-6-36-95)101-42-27-44-105(88-101)143-133-64-25-21-54-127(133)128-79-70-97-39-11-14-48-114(97)140(128)143/h1-90H. The molecule has 0 saturated heterocycles. The van der Waals surface area contributed by atoms with Gasteiger partial charge in [0.15, 0.2) is 0 Å². The van der Waals surface area contributed by atoms with E-state index in [4.69, 9.17) is 0 Å². The van der Waals surface area contributed by atoms with Crippen molar-refractivity contribution in [3.05, 3.63) is 546 Å². The van der Waals surface area contributed by atoms with Gasteiger partial charge in [-0.15, -0.1) is 0 Å². The molecule has 0 amide bonds. The molecule has 0 aliphatic rings. The molecule has 2 aromatic heterocycles.